The predicted molar refractivity (Wildman–Crippen MR) is 138 cm³/mol. The summed E-state index contributed by atoms with van der Waals surface area (Å²) in [6, 6.07) is 38.4. The second-order valence-corrected chi connectivity index (χ2v) is 6.90. The Morgan fingerprint density at radius 3 is 1.35 bits per heavy atom. The maximum atomic E-state index is 10.5. The molecule has 0 saturated carbocycles. The summed E-state index contributed by atoms with van der Waals surface area (Å²) >= 11 is 0. The predicted octanol–water partition coefficient (Wildman–Crippen LogP) is 7.06. The van der Waals surface area contributed by atoms with Crippen molar-refractivity contribution in [1.29, 1.82) is 0 Å². The van der Waals surface area contributed by atoms with Gasteiger partial charge in [0.1, 0.15) is 0 Å². The molecule has 0 aromatic heterocycles. The van der Waals surface area contributed by atoms with Crippen LogP contribution in [-0.2, 0) is 9.59 Å². The summed E-state index contributed by atoms with van der Waals surface area (Å²) in [5.74, 6) is -1.92. The third-order valence-corrected chi connectivity index (χ3v) is 4.51. The van der Waals surface area contributed by atoms with Crippen molar-refractivity contribution >= 4 is 18.0 Å². The van der Waals surface area contributed by atoms with E-state index in [9.17, 15) is 9.59 Å². The Morgan fingerprint density at radius 1 is 0.559 bits per heavy atom. The Bertz CT molecular complexity index is 1160. The van der Waals surface area contributed by atoms with Crippen LogP contribution in [0.5, 0.6) is 0 Å². The van der Waals surface area contributed by atoms with E-state index in [2.05, 4.69) is 55.1 Å². The molecule has 0 radical (unpaired) electrons. The van der Waals surface area contributed by atoms with Crippen LogP contribution in [0.2, 0.25) is 0 Å². The lowest BCUT2D eigenvalue weighted by atomic mass is 9.99. The zero-order valence-electron chi connectivity index (χ0n) is 18.6. The van der Waals surface area contributed by atoms with Crippen LogP contribution in [0.15, 0.2) is 134 Å². The van der Waals surface area contributed by atoms with E-state index in [0.717, 1.165) is 28.8 Å². The quantitative estimate of drug-likeness (QED) is 0.319. The van der Waals surface area contributed by atoms with Gasteiger partial charge in [-0.15, -0.1) is 0 Å². The van der Waals surface area contributed by atoms with Gasteiger partial charge in [0.2, 0.25) is 0 Å². The van der Waals surface area contributed by atoms with Crippen LogP contribution in [0.1, 0.15) is 5.56 Å². The molecule has 0 atom stereocenters. The Hall–Kier alpha value is -4.70. The number of benzene rings is 4. The van der Waals surface area contributed by atoms with Crippen molar-refractivity contribution in [3.05, 3.63) is 140 Å². The number of hydrogen-bond acceptors (Lipinski definition) is 2. The average Bonchev–Trinajstić information content (AvgIpc) is 2.90. The minimum atomic E-state index is -0.981. The van der Waals surface area contributed by atoms with Crippen molar-refractivity contribution in [2.24, 2.45) is 0 Å². The first-order chi connectivity index (χ1) is 16.5. The van der Waals surface area contributed by atoms with E-state index in [-0.39, 0.29) is 0 Å². The highest BCUT2D eigenvalue weighted by molar-refractivity contribution is 5.87. The van der Waals surface area contributed by atoms with Crippen LogP contribution in [0.3, 0.4) is 0 Å². The van der Waals surface area contributed by atoms with Gasteiger partial charge in [0, 0.05) is 12.2 Å². The SMILES string of the molecule is C=CC(=O)O.O=C(O)C=Cc1ccccc1-c1ccccc1.c1ccc(-c2ccccc2)cc1. The number of rotatable bonds is 5. The normalized spacial score (nSPS) is 9.65. The zero-order chi connectivity index (χ0) is 24.6. The number of carboxylic acid groups (broad SMARTS) is 2. The lowest BCUT2D eigenvalue weighted by Gasteiger charge is -2.05. The molecule has 0 spiro atoms. The van der Waals surface area contributed by atoms with Crippen LogP contribution < -0.4 is 0 Å². The molecule has 0 fully saturated rings. The smallest absolute Gasteiger partial charge is 0.328 e. The molecule has 170 valence electrons. The molecule has 0 aliphatic carbocycles. The summed E-state index contributed by atoms with van der Waals surface area (Å²) in [5, 5.41) is 16.3. The Kier molecular flexibility index (Phi) is 10.8. The van der Waals surface area contributed by atoms with Crippen LogP contribution in [0.4, 0.5) is 0 Å². The van der Waals surface area contributed by atoms with E-state index in [1.807, 2.05) is 66.7 Å². The lowest BCUT2D eigenvalue weighted by Crippen LogP contribution is -1.87. The Labute approximate surface area is 199 Å². The standard InChI is InChI=1S/C15H12O2.C12H10.C3H4O2/c16-15(17)11-10-13-8-4-5-9-14(13)12-6-2-1-3-7-12;1-3-7-11(8-4-1)12-9-5-2-6-10-12;1-2-3(4)5/h1-11H,(H,16,17);1-10H;2H,1H2,(H,4,5). The zero-order valence-corrected chi connectivity index (χ0v) is 18.6. The number of carbonyl (C=O) groups is 2. The van der Waals surface area contributed by atoms with Gasteiger partial charge < -0.3 is 10.2 Å². The van der Waals surface area contributed by atoms with Crippen molar-refractivity contribution in [3.8, 4) is 22.3 Å². The molecule has 34 heavy (non-hydrogen) atoms. The van der Waals surface area contributed by atoms with Crippen molar-refractivity contribution in [1.82, 2.24) is 0 Å². The van der Waals surface area contributed by atoms with Crippen molar-refractivity contribution in [2.75, 3.05) is 0 Å². The first kappa shape index (κ1) is 25.6. The molecule has 0 aliphatic heterocycles. The lowest BCUT2D eigenvalue weighted by molar-refractivity contribution is -0.132. The van der Waals surface area contributed by atoms with Gasteiger partial charge in [-0.05, 0) is 33.9 Å². The summed E-state index contributed by atoms with van der Waals surface area (Å²) in [6.07, 6.45) is 3.60. The van der Waals surface area contributed by atoms with E-state index in [1.165, 1.54) is 11.1 Å². The van der Waals surface area contributed by atoms with Crippen molar-refractivity contribution in [3.63, 3.8) is 0 Å². The third-order valence-electron chi connectivity index (χ3n) is 4.51. The molecular formula is C30H26O4. The molecule has 0 aliphatic rings. The first-order valence-electron chi connectivity index (χ1n) is 10.5. The largest absolute Gasteiger partial charge is 0.478 e. The molecule has 4 nitrogen and oxygen atoms in total. The number of hydrogen-bond donors (Lipinski definition) is 2. The topological polar surface area (TPSA) is 74.6 Å². The van der Waals surface area contributed by atoms with Crippen LogP contribution in [-0.4, -0.2) is 22.2 Å². The van der Waals surface area contributed by atoms with Gasteiger partial charge in [-0.2, -0.15) is 0 Å². The van der Waals surface area contributed by atoms with Crippen LogP contribution >= 0.6 is 0 Å². The number of aliphatic carboxylic acids is 2. The first-order valence-corrected chi connectivity index (χ1v) is 10.5. The maximum Gasteiger partial charge on any atom is 0.328 e. The van der Waals surface area contributed by atoms with Gasteiger partial charge in [-0.1, -0.05) is 122 Å². The summed E-state index contributed by atoms with van der Waals surface area (Å²) in [4.78, 5) is 19.8. The van der Waals surface area contributed by atoms with Gasteiger partial charge in [0.15, 0.2) is 0 Å². The van der Waals surface area contributed by atoms with E-state index >= 15 is 0 Å². The maximum absolute atomic E-state index is 10.5. The highest BCUT2D eigenvalue weighted by Gasteiger charge is 2.01. The minimum Gasteiger partial charge on any atom is -0.478 e. The second kappa shape index (κ2) is 14.4. The van der Waals surface area contributed by atoms with E-state index < -0.39 is 11.9 Å². The molecule has 0 bridgehead atoms. The molecule has 2 N–H and O–H groups in total. The Morgan fingerprint density at radius 2 is 0.941 bits per heavy atom. The van der Waals surface area contributed by atoms with Gasteiger partial charge in [-0.3, -0.25) is 0 Å². The monoisotopic (exact) mass is 450 g/mol. The highest BCUT2D eigenvalue weighted by Crippen LogP contribution is 2.24. The van der Waals surface area contributed by atoms with Crippen molar-refractivity contribution < 1.29 is 19.8 Å². The molecule has 4 heteroatoms. The molecular weight excluding hydrogens is 424 g/mol. The van der Waals surface area contributed by atoms with Gasteiger partial charge in [-0.25, -0.2) is 9.59 Å². The number of carboxylic acids is 2. The van der Waals surface area contributed by atoms with Crippen LogP contribution in [0, 0.1) is 0 Å². The van der Waals surface area contributed by atoms with E-state index in [4.69, 9.17) is 10.2 Å². The van der Waals surface area contributed by atoms with E-state index in [0.29, 0.717) is 0 Å². The summed E-state index contributed by atoms with van der Waals surface area (Å²) in [6.45, 7) is 2.96. The summed E-state index contributed by atoms with van der Waals surface area (Å²) in [5.41, 5.74) is 5.57. The molecule has 0 saturated heterocycles. The third kappa shape index (κ3) is 9.20. The fourth-order valence-corrected chi connectivity index (χ4v) is 2.95. The van der Waals surface area contributed by atoms with Gasteiger partial charge in [0.05, 0.1) is 0 Å². The molecule has 0 unspecified atom stereocenters. The molecule has 0 amide bonds. The highest BCUT2D eigenvalue weighted by atomic mass is 16.4. The fraction of sp³-hybridized carbons (Fsp3) is 0. The second-order valence-electron chi connectivity index (χ2n) is 6.90. The van der Waals surface area contributed by atoms with Gasteiger partial charge >= 0.3 is 11.9 Å². The molecule has 4 rings (SSSR count). The fourth-order valence-electron chi connectivity index (χ4n) is 2.95. The molecule has 4 aromatic rings. The van der Waals surface area contributed by atoms with Crippen molar-refractivity contribution in [2.45, 2.75) is 0 Å². The summed E-state index contributed by atoms with van der Waals surface area (Å²) < 4.78 is 0. The van der Waals surface area contributed by atoms with E-state index in [1.54, 1.807) is 6.08 Å². The van der Waals surface area contributed by atoms with Gasteiger partial charge in [0.25, 0.3) is 0 Å². The van der Waals surface area contributed by atoms with Crippen LogP contribution in [0.25, 0.3) is 28.3 Å². The molecule has 4 aromatic carbocycles. The Balaban J connectivity index is 0.000000209. The molecule has 0 heterocycles. The minimum absolute atomic E-state index is 0.833. The summed E-state index contributed by atoms with van der Waals surface area (Å²) in [7, 11) is 0. The average molecular weight is 451 g/mol.